The molecule has 0 saturated carbocycles. The summed E-state index contributed by atoms with van der Waals surface area (Å²) in [5.74, 6) is 0. The summed E-state index contributed by atoms with van der Waals surface area (Å²) in [7, 11) is 3.42. The number of allylic oxidation sites excluding steroid dienone is 1. The topological polar surface area (TPSA) is 36.9 Å². The van der Waals surface area contributed by atoms with Gasteiger partial charge < -0.3 is 18.9 Å². The monoisotopic (exact) mass is 414 g/mol. The molecule has 0 bridgehead atoms. The lowest BCUT2D eigenvalue weighted by atomic mass is 10.1. The molecule has 0 spiro atoms. The quantitative estimate of drug-likeness (QED) is 0.0918. The SMILES string of the molecule is CCCCCCCCOCOC=CCCCCCCCCCCCC(OC)OC. The summed E-state index contributed by atoms with van der Waals surface area (Å²) in [6.07, 6.45) is 25.7. The Kier molecular flexibility index (Phi) is 24.9. The van der Waals surface area contributed by atoms with Crippen molar-refractivity contribution in [3.8, 4) is 0 Å². The van der Waals surface area contributed by atoms with E-state index in [4.69, 9.17) is 18.9 Å². The van der Waals surface area contributed by atoms with E-state index in [1.54, 1.807) is 20.5 Å². The van der Waals surface area contributed by atoms with Crippen molar-refractivity contribution in [2.24, 2.45) is 0 Å². The summed E-state index contributed by atoms with van der Waals surface area (Å²) in [5, 5.41) is 0. The zero-order valence-electron chi connectivity index (χ0n) is 19.8. The summed E-state index contributed by atoms with van der Waals surface area (Å²) in [6.45, 7) is 3.46. The van der Waals surface area contributed by atoms with Gasteiger partial charge in [0.15, 0.2) is 13.1 Å². The first kappa shape index (κ1) is 28.4. The van der Waals surface area contributed by atoms with Crippen LogP contribution in [0.2, 0.25) is 0 Å². The largest absolute Gasteiger partial charge is 0.475 e. The highest BCUT2D eigenvalue weighted by atomic mass is 16.7. The van der Waals surface area contributed by atoms with Crippen LogP contribution in [0.5, 0.6) is 0 Å². The van der Waals surface area contributed by atoms with Gasteiger partial charge in [-0.2, -0.15) is 0 Å². The Morgan fingerprint density at radius 3 is 1.83 bits per heavy atom. The van der Waals surface area contributed by atoms with Gasteiger partial charge in [0, 0.05) is 14.2 Å². The molecule has 4 heteroatoms. The maximum absolute atomic E-state index is 5.48. The molecule has 0 aromatic carbocycles. The first-order valence-corrected chi connectivity index (χ1v) is 12.2. The fraction of sp³-hybridized carbons (Fsp3) is 0.920. The maximum Gasteiger partial charge on any atom is 0.188 e. The molecule has 174 valence electrons. The van der Waals surface area contributed by atoms with Gasteiger partial charge >= 0.3 is 0 Å². The van der Waals surface area contributed by atoms with Crippen LogP contribution in [0.1, 0.15) is 116 Å². The van der Waals surface area contributed by atoms with Crippen LogP contribution in [0.4, 0.5) is 0 Å². The van der Waals surface area contributed by atoms with E-state index in [-0.39, 0.29) is 6.29 Å². The minimum atomic E-state index is -0.0212. The van der Waals surface area contributed by atoms with Crippen LogP contribution in [0.15, 0.2) is 12.3 Å². The van der Waals surface area contributed by atoms with Crippen molar-refractivity contribution in [2.45, 2.75) is 122 Å². The van der Waals surface area contributed by atoms with Crippen molar-refractivity contribution in [3.63, 3.8) is 0 Å². The molecule has 0 radical (unpaired) electrons. The van der Waals surface area contributed by atoms with Crippen molar-refractivity contribution >= 4 is 0 Å². The highest BCUT2D eigenvalue weighted by Crippen LogP contribution is 2.13. The maximum atomic E-state index is 5.48. The molecule has 0 rings (SSSR count). The Morgan fingerprint density at radius 1 is 0.655 bits per heavy atom. The number of rotatable bonds is 24. The average molecular weight is 415 g/mol. The zero-order valence-corrected chi connectivity index (χ0v) is 19.8. The van der Waals surface area contributed by atoms with Crippen molar-refractivity contribution < 1.29 is 18.9 Å². The molecule has 0 N–H and O–H groups in total. The lowest BCUT2D eigenvalue weighted by Gasteiger charge is -2.12. The Bertz CT molecular complexity index is 316. The van der Waals surface area contributed by atoms with Gasteiger partial charge in [-0.25, -0.2) is 0 Å². The van der Waals surface area contributed by atoms with Gasteiger partial charge in [0.2, 0.25) is 0 Å². The molecule has 0 saturated heterocycles. The van der Waals surface area contributed by atoms with E-state index in [9.17, 15) is 0 Å². The van der Waals surface area contributed by atoms with Crippen LogP contribution in [0, 0.1) is 0 Å². The second-order valence-corrected chi connectivity index (χ2v) is 7.99. The van der Waals surface area contributed by atoms with Crippen molar-refractivity contribution in [1.82, 2.24) is 0 Å². The van der Waals surface area contributed by atoms with Crippen molar-refractivity contribution in [2.75, 3.05) is 27.6 Å². The number of methoxy groups -OCH3 is 2. The van der Waals surface area contributed by atoms with Gasteiger partial charge in [0.1, 0.15) is 0 Å². The zero-order chi connectivity index (χ0) is 21.3. The van der Waals surface area contributed by atoms with E-state index in [1.165, 1.54) is 89.9 Å². The Labute approximate surface area is 181 Å². The molecule has 0 fully saturated rings. The molecule has 0 aromatic rings. The minimum Gasteiger partial charge on any atom is -0.475 e. The smallest absolute Gasteiger partial charge is 0.188 e. The number of ether oxygens (including phenoxy) is 4. The molecule has 0 amide bonds. The Morgan fingerprint density at radius 2 is 1.21 bits per heavy atom. The second kappa shape index (κ2) is 25.5. The van der Waals surface area contributed by atoms with Gasteiger partial charge in [-0.1, -0.05) is 84.0 Å². The molecule has 0 heterocycles. The summed E-state index contributed by atoms with van der Waals surface area (Å²) in [4.78, 5) is 0. The van der Waals surface area contributed by atoms with Crippen LogP contribution in [0.25, 0.3) is 0 Å². The van der Waals surface area contributed by atoms with E-state index in [0.717, 1.165) is 25.9 Å². The van der Waals surface area contributed by atoms with Crippen molar-refractivity contribution in [3.05, 3.63) is 12.3 Å². The van der Waals surface area contributed by atoms with Crippen LogP contribution in [-0.2, 0) is 18.9 Å². The number of unbranched alkanes of at least 4 members (excludes halogenated alkanes) is 14. The lowest BCUT2D eigenvalue weighted by molar-refractivity contribution is -0.107. The fourth-order valence-corrected chi connectivity index (χ4v) is 3.41. The van der Waals surface area contributed by atoms with Gasteiger partial charge in [0.05, 0.1) is 12.9 Å². The third kappa shape index (κ3) is 23.6. The Hall–Kier alpha value is -0.580. The first-order chi connectivity index (χ1) is 14.3. The molecular weight excluding hydrogens is 364 g/mol. The van der Waals surface area contributed by atoms with E-state index >= 15 is 0 Å². The normalized spacial score (nSPS) is 11.7. The molecule has 0 atom stereocenters. The number of hydrogen-bond acceptors (Lipinski definition) is 4. The van der Waals surface area contributed by atoms with Gasteiger partial charge in [-0.3, -0.25) is 0 Å². The molecule has 0 aliphatic heterocycles. The van der Waals surface area contributed by atoms with Crippen LogP contribution in [0.3, 0.4) is 0 Å². The summed E-state index contributed by atoms with van der Waals surface area (Å²) >= 11 is 0. The fourth-order valence-electron chi connectivity index (χ4n) is 3.41. The molecule has 0 aromatic heterocycles. The summed E-state index contributed by atoms with van der Waals surface area (Å²) in [6, 6.07) is 0. The Balaban J connectivity index is 3.12. The molecule has 29 heavy (non-hydrogen) atoms. The third-order valence-corrected chi connectivity index (χ3v) is 5.32. The van der Waals surface area contributed by atoms with E-state index < -0.39 is 0 Å². The standard InChI is InChI=1S/C25H50O4/c1-4-5-6-7-16-19-22-28-24-29-23-20-17-14-12-10-8-9-11-13-15-18-21-25(26-2)27-3/h20,23,25H,4-19,21-22,24H2,1-3H3. The van der Waals surface area contributed by atoms with Crippen LogP contribution < -0.4 is 0 Å². The first-order valence-electron chi connectivity index (χ1n) is 12.2. The van der Waals surface area contributed by atoms with E-state index in [2.05, 4.69) is 13.0 Å². The lowest BCUT2D eigenvalue weighted by Crippen LogP contribution is -2.12. The molecule has 0 aliphatic rings. The van der Waals surface area contributed by atoms with Crippen molar-refractivity contribution in [1.29, 1.82) is 0 Å². The highest BCUT2D eigenvalue weighted by Gasteiger charge is 2.03. The molecule has 0 unspecified atom stereocenters. The predicted octanol–water partition coefficient (Wildman–Crippen LogP) is 7.76. The number of hydrogen-bond donors (Lipinski definition) is 0. The summed E-state index contributed by atoms with van der Waals surface area (Å²) < 4.78 is 21.3. The third-order valence-electron chi connectivity index (χ3n) is 5.32. The average Bonchev–Trinajstić information content (AvgIpc) is 2.74. The molecule has 4 nitrogen and oxygen atoms in total. The van der Waals surface area contributed by atoms with Crippen LogP contribution >= 0.6 is 0 Å². The molecular formula is C25H50O4. The predicted molar refractivity (Wildman–Crippen MR) is 123 cm³/mol. The second-order valence-electron chi connectivity index (χ2n) is 7.99. The van der Waals surface area contributed by atoms with Gasteiger partial charge in [0.25, 0.3) is 0 Å². The van der Waals surface area contributed by atoms with Crippen LogP contribution in [-0.4, -0.2) is 33.9 Å². The van der Waals surface area contributed by atoms with E-state index in [0.29, 0.717) is 6.79 Å². The van der Waals surface area contributed by atoms with Gasteiger partial charge in [-0.15, -0.1) is 0 Å². The van der Waals surface area contributed by atoms with Gasteiger partial charge in [-0.05, 0) is 38.2 Å². The highest BCUT2D eigenvalue weighted by molar-refractivity contribution is 4.72. The minimum absolute atomic E-state index is 0.0212. The molecule has 0 aliphatic carbocycles. The van der Waals surface area contributed by atoms with E-state index in [1.807, 2.05) is 0 Å². The summed E-state index contributed by atoms with van der Waals surface area (Å²) in [5.41, 5.74) is 0.